The van der Waals surface area contributed by atoms with Gasteiger partial charge < -0.3 is 19.7 Å². The summed E-state index contributed by atoms with van der Waals surface area (Å²) in [5, 5.41) is 3.61. The van der Waals surface area contributed by atoms with Gasteiger partial charge in [0.2, 0.25) is 0 Å². The van der Waals surface area contributed by atoms with E-state index in [0.29, 0.717) is 19.3 Å². The fraction of sp³-hybridized carbons (Fsp3) is 0.425. The van der Waals surface area contributed by atoms with E-state index in [-0.39, 0.29) is 0 Å². The molecule has 0 amide bonds. The van der Waals surface area contributed by atoms with E-state index < -0.39 is 0 Å². The van der Waals surface area contributed by atoms with E-state index in [4.69, 9.17) is 9.47 Å². The first kappa shape index (κ1) is 34.0. The van der Waals surface area contributed by atoms with E-state index >= 15 is 0 Å². The van der Waals surface area contributed by atoms with Crippen molar-refractivity contribution in [3.05, 3.63) is 120 Å². The quantitative estimate of drug-likeness (QED) is 0.0773. The molecule has 1 atom stereocenters. The third-order valence-electron chi connectivity index (χ3n) is 8.74. The molecule has 1 aliphatic rings. The minimum atomic E-state index is 0.537. The summed E-state index contributed by atoms with van der Waals surface area (Å²) in [5.41, 5.74) is 5.09. The second-order valence-corrected chi connectivity index (χ2v) is 13.4. The zero-order valence-corrected chi connectivity index (χ0v) is 28.4. The van der Waals surface area contributed by atoms with Crippen LogP contribution in [0, 0.1) is 0 Å². The summed E-state index contributed by atoms with van der Waals surface area (Å²) in [7, 11) is 0. The van der Waals surface area contributed by atoms with Gasteiger partial charge in [-0.2, -0.15) is 0 Å². The third kappa shape index (κ3) is 10.9. The smallest absolute Gasteiger partial charge is 0.165 e. The van der Waals surface area contributed by atoms with Crippen LogP contribution in [0.1, 0.15) is 67.7 Å². The molecule has 0 unspecified atom stereocenters. The number of rotatable bonds is 20. The highest BCUT2D eigenvalue weighted by atomic mass is 32.2. The number of nitrogens with zero attached hydrogens (tertiary/aromatic N) is 2. The Labute approximate surface area is 281 Å². The van der Waals surface area contributed by atoms with Gasteiger partial charge in [-0.25, -0.2) is 0 Å². The largest absolute Gasteiger partial charge is 0.485 e. The molecule has 46 heavy (non-hydrogen) atoms. The van der Waals surface area contributed by atoms with E-state index in [1.54, 1.807) is 0 Å². The number of thioether (sulfide) groups is 1. The maximum Gasteiger partial charge on any atom is 0.165 e. The molecule has 0 saturated carbocycles. The SMILES string of the molecule is CCCN(CCCCCCNCCSc1ccncc1)[C@H]1CCc2c(ccc(OCc3ccccc3)c2OCc2ccccc2)C1. The van der Waals surface area contributed by atoms with E-state index in [0.717, 1.165) is 55.2 Å². The summed E-state index contributed by atoms with van der Waals surface area (Å²) in [6, 6.07) is 30.0. The lowest BCUT2D eigenvalue weighted by Gasteiger charge is -2.36. The monoisotopic (exact) mass is 637 g/mol. The molecule has 5 nitrogen and oxygen atoms in total. The van der Waals surface area contributed by atoms with Gasteiger partial charge in [0.05, 0.1) is 0 Å². The second kappa shape index (κ2) is 19.4. The molecule has 0 fully saturated rings. The van der Waals surface area contributed by atoms with Gasteiger partial charge >= 0.3 is 0 Å². The Bertz CT molecular complexity index is 1400. The molecule has 6 heteroatoms. The molecule has 4 aromatic rings. The van der Waals surface area contributed by atoms with Crippen molar-refractivity contribution in [1.29, 1.82) is 0 Å². The van der Waals surface area contributed by atoms with E-state index in [1.807, 2.05) is 30.2 Å². The lowest BCUT2D eigenvalue weighted by molar-refractivity contribution is 0.174. The molecule has 1 N–H and O–H groups in total. The van der Waals surface area contributed by atoms with E-state index in [9.17, 15) is 0 Å². The summed E-state index contributed by atoms with van der Waals surface area (Å²) in [5.74, 6) is 2.88. The average molecular weight is 638 g/mol. The Kier molecular flexibility index (Phi) is 14.3. The Balaban J connectivity index is 1.10. The van der Waals surface area contributed by atoms with Crippen molar-refractivity contribution >= 4 is 11.8 Å². The summed E-state index contributed by atoms with van der Waals surface area (Å²) in [6.45, 7) is 7.93. The topological polar surface area (TPSA) is 46.6 Å². The van der Waals surface area contributed by atoms with Crippen molar-refractivity contribution in [2.75, 3.05) is 31.9 Å². The standard InChI is InChI=1S/C40H51N3O2S/c1-2-27-43(28-12-4-3-11-23-41-26-29-46-37-21-24-42-25-22-37)36-18-19-38-35(30-36)17-20-39(44-31-33-13-7-5-8-14-33)40(38)45-32-34-15-9-6-10-16-34/h5-10,13-17,20-22,24-25,36,41H,2-4,11-12,18-19,23,26-32H2,1H3/t36-/m0/s1. The summed E-state index contributed by atoms with van der Waals surface area (Å²) < 4.78 is 12.9. The predicted molar refractivity (Wildman–Crippen MR) is 192 cm³/mol. The number of nitrogens with one attached hydrogen (secondary N) is 1. The Morgan fingerprint density at radius 3 is 2.24 bits per heavy atom. The van der Waals surface area contributed by atoms with Crippen LogP contribution >= 0.6 is 11.8 Å². The van der Waals surface area contributed by atoms with Crippen molar-refractivity contribution in [3.63, 3.8) is 0 Å². The van der Waals surface area contributed by atoms with Crippen LogP contribution in [0.15, 0.2) is 102 Å². The molecule has 0 bridgehead atoms. The van der Waals surface area contributed by atoms with Gasteiger partial charge in [-0.3, -0.25) is 4.98 Å². The maximum atomic E-state index is 6.56. The number of hydrogen-bond donors (Lipinski definition) is 1. The predicted octanol–water partition coefficient (Wildman–Crippen LogP) is 8.75. The molecule has 1 aromatic heterocycles. The van der Waals surface area contributed by atoms with Gasteiger partial charge in [0.1, 0.15) is 13.2 Å². The zero-order chi connectivity index (χ0) is 31.7. The summed E-state index contributed by atoms with van der Waals surface area (Å²) in [4.78, 5) is 8.15. The minimum absolute atomic E-state index is 0.537. The molecule has 5 rings (SSSR count). The van der Waals surface area contributed by atoms with E-state index in [1.165, 1.54) is 66.8 Å². The van der Waals surface area contributed by atoms with Gasteiger partial charge in [-0.1, -0.05) is 86.5 Å². The highest BCUT2D eigenvalue weighted by Crippen LogP contribution is 2.39. The van der Waals surface area contributed by atoms with Crippen LogP contribution in [-0.2, 0) is 26.1 Å². The number of unbranched alkanes of at least 4 members (excludes halogenated alkanes) is 3. The summed E-state index contributed by atoms with van der Waals surface area (Å²) >= 11 is 1.89. The molecule has 0 spiro atoms. The lowest BCUT2D eigenvalue weighted by Crippen LogP contribution is -2.40. The fourth-order valence-electron chi connectivity index (χ4n) is 6.31. The molecule has 3 aromatic carbocycles. The third-order valence-corrected chi connectivity index (χ3v) is 9.75. The Hall–Kier alpha value is -3.32. The number of benzene rings is 3. The normalized spacial score (nSPS) is 14.3. The van der Waals surface area contributed by atoms with Crippen LogP contribution in [0.3, 0.4) is 0 Å². The van der Waals surface area contributed by atoms with Crippen LogP contribution in [0.5, 0.6) is 11.5 Å². The highest BCUT2D eigenvalue weighted by Gasteiger charge is 2.27. The molecule has 0 aliphatic heterocycles. The fourth-order valence-corrected chi connectivity index (χ4v) is 7.11. The van der Waals surface area contributed by atoms with E-state index in [2.05, 4.69) is 101 Å². The number of fused-ring (bicyclic) bond motifs is 1. The van der Waals surface area contributed by atoms with Crippen LogP contribution in [0.25, 0.3) is 0 Å². The van der Waals surface area contributed by atoms with Crippen molar-refractivity contribution in [2.45, 2.75) is 82.4 Å². The van der Waals surface area contributed by atoms with Crippen molar-refractivity contribution in [1.82, 2.24) is 15.2 Å². The van der Waals surface area contributed by atoms with Crippen molar-refractivity contribution in [3.8, 4) is 11.5 Å². The zero-order valence-electron chi connectivity index (χ0n) is 27.5. The molecule has 1 aliphatic carbocycles. The average Bonchev–Trinajstić information content (AvgIpc) is 3.11. The molecule has 1 heterocycles. The van der Waals surface area contributed by atoms with Gasteiger partial charge in [0.25, 0.3) is 0 Å². The number of aromatic nitrogens is 1. The molecule has 0 radical (unpaired) electrons. The number of pyridine rings is 1. The molecule has 0 saturated heterocycles. The number of hydrogen-bond acceptors (Lipinski definition) is 6. The minimum Gasteiger partial charge on any atom is -0.485 e. The van der Waals surface area contributed by atoms with Crippen molar-refractivity contribution in [2.24, 2.45) is 0 Å². The van der Waals surface area contributed by atoms with Gasteiger partial charge in [0.15, 0.2) is 11.5 Å². The van der Waals surface area contributed by atoms with Crippen molar-refractivity contribution < 1.29 is 9.47 Å². The van der Waals surface area contributed by atoms with Gasteiger partial charge in [0, 0.05) is 41.2 Å². The van der Waals surface area contributed by atoms with Crippen LogP contribution in [0.4, 0.5) is 0 Å². The molecular formula is C40H51N3O2S. The Morgan fingerprint density at radius 1 is 0.783 bits per heavy atom. The first-order valence-corrected chi connectivity index (χ1v) is 18.2. The Morgan fingerprint density at radius 2 is 1.50 bits per heavy atom. The second-order valence-electron chi connectivity index (χ2n) is 12.2. The van der Waals surface area contributed by atoms with Gasteiger partial charge in [-0.15, -0.1) is 11.8 Å². The molecular weight excluding hydrogens is 587 g/mol. The lowest BCUT2D eigenvalue weighted by atomic mass is 9.86. The van der Waals surface area contributed by atoms with Crippen LogP contribution in [-0.4, -0.2) is 47.9 Å². The van der Waals surface area contributed by atoms with Crippen LogP contribution in [0.2, 0.25) is 0 Å². The highest BCUT2D eigenvalue weighted by molar-refractivity contribution is 7.99. The van der Waals surface area contributed by atoms with Gasteiger partial charge in [-0.05, 0) is 93.0 Å². The molecule has 244 valence electrons. The first-order chi connectivity index (χ1) is 22.8. The maximum absolute atomic E-state index is 6.56. The number of ether oxygens (including phenoxy) is 2. The van der Waals surface area contributed by atoms with Crippen LogP contribution < -0.4 is 14.8 Å². The summed E-state index contributed by atoms with van der Waals surface area (Å²) in [6.07, 6.45) is 13.3. The first-order valence-electron chi connectivity index (χ1n) is 17.3.